The molecule has 0 atom stereocenters. The molecule has 1 saturated carbocycles. The summed E-state index contributed by atoms with van der Waals surface area (Å²) in [7, 11) is 0. The summed E-state index contributed by atoms with van der Waals surface area (Å²) >= 11 is 0. The number of carbonyl (C=O) groups excluding carboxylic acids is 1. The molecular formula is C12H20N2O. The van der Waals surface area contributed by atoms with Crippen LogP contribution in [0.3, 0.4) is 0 Å². The van der Waals surface area contributed by atoms with Crippen molar-refractivity contribution in [3.05, 3.63) is 0 Å². The van der Waals surface area contributed by atoms with E-state index < -0.39 is 0 Å². The Hall–Kier alpha value is -0.570. The molecule has 3 fully saturated rings. The van der Waals surface area contributed by atoms with Gasteiger partial charge in [-0.3, -0.25) is 4.79 Å². The molecule has 84 valence electrons. The third-order valence-electron chi connectivity index (χ3n) is 4.17. The summed E-state index contributed by atoms with van der Waals surface area (Å²) in [5.74, 6) is 1.15. The van der Waals surface area contributed by atoms with Crippen molar-refractivity contribution in [2.45, 2.75) is 32.1 Å². The van der Waals surface area contributed by atoms with Gasteiger partial charge < -0.3 is 10.2 Å². The van der Waals surface area contributed by atoms with Gasteiger partial charge in [0.25, 0.3) is 0 Å². The first-order valence-electron chi connectivity index (χ1n) is 6.26. The third-order valence-corrected chi connectivity index (χ3v) is 4.17. The number of hydrogen-bond acceptors (Lipinski definition) is 2. The minimum absolute atomic E-state index is 0.420. The van der Waals surface area contributed by atoms with Crippen molar-refractivity contribution in [3.8, 4) is 0 Å². The van der Waals surface area contributed by atoms with Gasteiger partial charge in [-0.15, -0.1) is 0 Å². The zero-order valence-electron chi connectivity index (χ0n) is 9.30. The van der Waals surface area contributed by atoms with Crippen LogP contribution in [0.5, 0.6) is 0 Å². The predicted octanol–water partition coefficient (Wildman–Crippen LogP) is 0.998. The maximum atomic E-state index is 12.0. The molecule has 1 aliphatic carbocycles. The molecule has 0 aromatic rings. The fraction of sp³-hybridized carbons (Fsp3) is 0.917. The topological polar surface area (TPSA) is 32.3 Å². The van der Waals surface area contributed by atoms with Crippen molar-refractivity contribution in [3.63, 3.8) is 0 Å². The van der Waals surface area contributed by atoms with Crippen molar-refractivity contribution >= 4 is 5.91 Å². The van der Waals surface area contributed by atoms with Gasteiger partial charge in [-0.2, -0.15) is 0 Å². The zero-order valence-corrected chi connectivity index (χ0v) is 9.30. The summed E-state index contributed by atoms with van der Waals surface area (Å²) in [4.78, 5) is 14.1. The predicted molar refractivity (Wildman–Crippen MR) is 58.5 cm³/mol. The molecule has 1 N–H and O–H groups in total. The standard InChI is InChI=1S/C12H20N2O/c15-11(6-10-2-3-10)14-5-1-4-12(9-14)7-13-8-12/h10,13H,1-9H2. The first kappa shape index (κ1) is 9.64. The lowest BCUT2D eigenvalue weighted by molar-refractivity contribution is -0.136. The summed E-state index contributed by atoms with van der Waals surface area (Å²) in [5, 5.41) is 3.35. The number of nitrogens with zero attached hydrogens (tertiary/aromatic N) is 1. The Morgan fingerprint density at radius 1 is 1.40 bits per heavy atom. The Morgan fingerprint density at radius 3 is 2.80 bits per heavy atom. The monoisotopic (exact) mass is 208 g/mol. The van der Waals surface area contributed by atoms with Gasteiger partial charge in [-0.1, -0.05) is 0 Å². The van der Waals surface area contributed by atoms with E-state index in [1.54, 1.807) is 0 Å². The summed E-state index contributed by atoms with van der Waals surface area (Å²) in [6.45, 7) is 4.28. The van der Waals surface area contributed by atoms with Gasteiger partial charge in [-0.25, -0.2) is 0 Å². The van der Waals surface area contributed by atoms with Crippen LogP contribution in [0.15, 0.2) is 0 Å². The average molecular weight is 208 g/mol. The average Bonchev–Trinajstić information content (AvgIpc) is 2.99. The fourth-order valence-corrected chi connectivity index (χ4v) is 2.89. The Bertz CT molecular complexity index is 269. The molecule has 0 unspecified atom stereocenters. The van der Waals surface area contributed by atoms with E-state index in [0.29, 0.717) is 11.3 Å². The van der Waals surface area contributed by atoms with Gasteiger partial charge in [0.05, 0.1) is 0 Å². The molecule has 3 nitrogen and oxygen atoms in total. The van der Waals surface area contributed by atoms with Gasteiger partial charge >= 0.3 is 0 Å². The van der Waals surface area contributed by atoms with Crippen molar-refractivity contribution in [2.75, 3.05) is 26.2 Å². The molecule has 2 saturated heterocycles. The van der Waals surface area contributed by atoms with E-state index in [4.69, 9.17) is 0 Å². The van der Waals surface area contributed by atoms with E-state index >= 15 is 0 Å². The number of amides is 1. The van der Waals surface area contributed by atoms with Crippen LogP contribution in [-0.2, 0) is 4.79 Å². The third kappa shape index (κ3) is 1.89. The van der Waals surface area contributed by atoms with Gasteiger partial charge in [0.1, 0.15) is 0 Å². The molecular weight excluding hydrogens is 188 g/mol. The normalized spacial score (nSPS) is 28.9. The van der Waals surface area contributed by atoms with E-state index in [1.165, 1.54) is 25.7 Å². The number of nitrogens with one attached hydrogen (secondary N) is 1. The molecule has 1 amide bonds. The largest absolute Gasteiger partial charge is 0.342 e. The highest BCUT2D eigenvalue weighted by Crippen LogP contribution is 2.36. The van der Waals surface area contributed by atoms with Crippen molar-refractivity contribution in [1.82, 2.24) is 10.2 Å². The summed E-state index contributed by atoms with van der Waals surface area (Å²) in [5.41, 5.74) is 0.456. The first-order valence-corrected chi connectivity index (χ1v) is 6.26. The molecule has 0 aromatic heterocycles. The number of piperidine rings is 1. The van der Waals surface area contributed by atoms with Gasteiger partial charge in [-0.05, 0) is 31.6 Å². The lowest BCUT2D eigenvalue weighted by atomic mass is 9.75. The minimum Gasteiger partial charge on any atom is -0.342 e. The van der Waals surface area contributed by atoms with Gasteiger partial charge in [0.15, 0.2) is 0 Å². The van der Waals surface area contributed by atoms with E-state index in [0.717, 1.165) is 38.5 Å². The van der Waals surface area contributed by atoms with Gasteiger partial charge in [0, 0.05) is 38.0 Å². The minimum atomic E-state index is 0.420. The molecule has 3 aliphatic rings. The van der Waals surface area contributed by atoms with Crippen LogP contribution >= 0.6 is 0 Å². The molecule has 15 heavy (non-hydrogen) atoms. The molecule has 0 bridgehead atoms. The highest BCUT2D eigenvalue weighted by atomic mass is 16.2. The summed E-state index contributed by atoms with van der Waals surface area (Å²) < 4.78 is 0. The second kappa shape index (κ2) is 3.48. The highest BCUT2D eigenvalue weighted by Gasteiger charge is 2.42. The lowest BCUT2D eigenvalue weighted by Crippen LogP contribution is -2.61. The molecule has 2 heterocycles. The van der Waals surface area contributed by atoms with Crippen LogP contribution in [0.4, 0.5) is 0 Å². The van der Waals surface area contributed by atoms with Crippen LogP contribution in [0.25, 0.3) is 0 Å². The first-order chi connectivity index (χ1) is 7.27. The lowest BCUT2D eigenvalue weighted by Gasteiger charge is -2.49. The van der Waals surface area contributed by atoms with Crippen molar-refractivity contribution < 1.29 is 4.79 Å². The quantitative estimate of drug-likeness (QED) is 0.734. The Balaban J connectivity index is 1.57. The number of hydrogen-bond donors (Lipinski definition) is 1. The molecule has 0 radical (unpaired) electrons. The highest BCUT2D eigenvalue weighted by molar-refractivity contribution is 5.77. The van der Waals surface area contributed by atoms with Crippen LogP contribution < -0.4 is 5.32 Å². The van der Waals surface area contributed by atoms with E-state index in [1.807, 2.05) is 0 Å². The number of carbonyl (C=O) groups is 1. The van der Waals surface area contributed by atoms with Crippen molar-refractivity contribution in [1.29, 1.82) is 0 Å². The summed E-state index contributed by atoms with van der Waals surface area (Å²) in [6, 6.07) is 0. The van der Waals surface area contributed by atoms with Crippen LogP contribution in [0.1, 0.15) is 32.1 Å². The Labute approximate surface area is 91.2 Å². The summed E-state index contributed by atoms with van der Waals surface area (Å²) in [6.07, 6.45) is 5.91. The maximum Gasteiger partial charge on any atom is 0.222 e. The van der Waals surface area contributed by atoms with Crippen LogP contribution in [0.2, 0.25) is 0 Å². The SMILES string of the molecule is O=C(CC1CC1)N1CCCC2(CNC2)C1. The smallest absolute Gasteiger partial charge is 0.222 e. The molecule has 1 spiro atoms. The van der Waals surface area contributed by atoms with E-state index in [2.05, 4.69) is 10.2 Å². The van der Waals surface area contributed by atoms with Crippen molar-refractivity contribution in [2.24, 2.45) is 11.3 Å². The van der Waals surface area contributed by atoms with Crippen LogP contribution in [-0.4, -0.2) is 37.0 Å². The second-order valence-corrected chi connectivity index (χ2v) is 5.67. The van der Waals surface area contributed by atoms with Crippen LogP contribution in [0, 0.1) is 11.3 Å². The molecule has 3 heteroatoms. The Morgan fingerprint density at radius 2 is 2.20 bits per heavy atom. The zero-order chi connectivity index (χ0) is 10.3. The number of likely N-dealkylation sites (tertiary alicyclic amines) is 1. The second-order valence-electron chi connectivity index (χ2n) is 5.67. The molecule has 2 aliphatic heterocycles. The molecule has 3 rings (SSSR count). The van der Waals surface area contributed by atoms with E-state index in [9.17, 15) is 4.79 Å². The molecule has 0 aromatic carbocycles. The fourth-order valence-electron chi connectivity index (χ4n) is 2.89. The van der Waals surface area contributed by atoms with Gasteiger partial charge in [0.2, 0.25) is 5.91 Å². The van der Waals surface area contributed by atoms with E-state index in [-0.39, 0.29) is 0 Å². The Kier molecular flexibility index (Phi) is 2.23. The maximum absolute atomic E-state index is 12.0. The number of rotatable bonds is 2.